The van der Waals surface area contributed by atoms with Crippen LogP contribution in [0.4, 0.5) is 5.69 Å². The molecule has 0 bridgehead atoms. The number of para-hydroxylation sites is 2. The molecule has 1 heterocycles. The standard InChI is InChI=1S/C21H17N3O/c1-14-8-7-12-17-19(14)22-18-13-6-5-11-16(18)20(17)23-24-21(25)15-9-3-2-4-10-15/h2-13H,1H3,(H,22,23)(H,24,25). The van der Waals surface area contributed by atoms with Crippen LogP contribution in [-0.4, -0.2) is 10.9 Å². The third-order valence-corrected chi connectivity index (χ3v) is 4.25. The summed E-state index contributed by atoms with van der Waals surface area (Å²) in [7, 11) is 0. The number of carbonyl (C=O) groups is 1. The van der Waals surface area contributed by atoms with Gasteiger partial charge in [0, 0.05) is 16.3 Å². The molecule has 2 N–H and O–H groups in total. The Morgan fingerprint density at radius 3 is 2.40 bits per heavy atom. The number of aromatic nitrogens is 1. The van der Waals surface area contributed by atoms with Gasteiger partial charge >= 0.3 is 0 Å². The summed E-state index contributed by atoms with van der Waals surface area (Å²) in [6.07, 6.45) is 0. The lowest BCUT2D eigenvalue weighted by atomic mass is 10.1. The first-order valence-corrected chi connectivity index (χ1v) is 8.13. The minimum Gasteiger partial charge on any atom is -0.297 e. The first kappa shape index (κ1) is 15.1. The quantitative estimate of drug-likeness (QED) is 0.432. The summed E-state index contributed by atoms with van der Waals surface area (Å²) in [6.45, 7) is 2.04. The second-order valence-corrected chi connectivity index (χ2v) is 5.92. The van der Waals surface area contributed by atoms with Gasteiger partial charge in [0.25, 0.3) is 5.91 Å². The Bertz CT molecular complexity index is 1070. The van der Waals surface area contributed by atoms with Gasteiger partial charge in [0.1, 0.15) is 0 Å². The number of rotatable bonds is 3. The highest BCUT2D eigenvalue weighted by atomic mass is 16.2. The average Bonchev–Trinajstić information content (AvgIpc) is 2.66. The van der Waals surface area contributed by atoms with Gasteiger partial charge in [0.2, 0.25) is 0 Å². The van der Waals surface area contributed by atoms with Crippen LogP contribution in [0.1, 0.15) is 15.9 Å². The zero-order chi connectivity index (χ0) is 17.2. The molecule has 0 aliphatic rings. The molecule has 4 heteroatoms. The van der Waals surface area contributed by atoms with Crippen molar-refractivity contribution in [2.75, 3.05) is 5.43 Å². The molecule has 0 saturated heterocycles. The Morgan fingerprint density at radius 1 is 0.840 bits per heavy atom. The number of pyridine rings is 1. The lowest BCUT2D eigenvalue weighted by molar-refractivity contribution is 0.0963. The molecule has 3 aromatic carbocycles. The van der Waals surface area contributed by atoms with Crippen molar-refractivity contribution in [1.29, 1.82) is 0 Å². The van der Waals surface area contributed by atoms with Gasteiger partial charge in [0.15, 0.2) is 0 Å². The zero-order valence-electron chi connectivity index (χ0n) is 13.8. The predicted molar refractivity (Wildman–Crippen MR) is 102 cm³/mol. The van der Waals surface area contributed by atoms with E-state index in [1.807, 2.05) is 67.6 Å². The highest BCUT2D eigenvalue weighted by Gasteiger charge is 2.11. The molecule has 0 radical (unpaired) electrons. The average molecular weight is 327 g/mol. The monoisotopic (exact) mass is 327 g/mol. The summed E-state index contributed by atoms with van der Waals surface area (Å²) in [5.41, 5.74) is 10.3. The van der Waals surface area contributed by atoms with Crippen molar-refractivity contribution in [3.63, 3.8) is 0 Å². The van der Waals surface area contributed by atoms with Crippen molar-refractivity contribution >= 4 is 33.4 Å². The van der Waals surface area contributed by atoms with Crippen LogP contribution in [0.3, 0.4) is 0 Å². The van der Waals surface area contributed by atoms with E-state index in [-0.39, 0.29) is 5.91 Å². The van der Waals surface area contributed by atoms with Crippen LogP contribution in [0.2, 0.25) is 0 Å². The van der Waals surface area contributed by atoms with Crippen LogP contribution in [-0.2, 0) is 0 Å². The maximum atomic E-state index is 12.4. The van der Waals surface area contributed by atoms with E-state index in [4.69, 9.17) is 4.98 Å². The number of aryl methyl sites for hydroxylation is 1. The van der Waals surface area contributed by atoms with Crippen molar-refractivity contribution in [2.24, 2.45) is 0 Å². The van der Waals surface area contributed by atoms with Crippen molar-refractivity contribution in [3.05, 3.63) is 83.9 Å². The Hall–Kier alpha value is -3.40. The Morgan fingerprint density at radius 2 is 1.56 bits per heavy atom. The van der Waals surface area contributed by atoms with Crippen LogP contribution >= 0.6 is 0 Å². The SMILES string of the molecule is Cc1cccc2c(NNC(=O)c3ccccc3)c3ccccc3nc12. The Kier molecular flexibility index (Phi) is 3.78. The number of hydrogen-bond acceptors (Lipinski definition) is 3. The molecule has 4 nitrogen and oxygen atoms in total. The Labute approximate surface area is 145 Å². The molecule has 4 aromatic rings. The molecule has 0 fully saturated rings. The minimum atomic E-state index is -0.178. The van der Waals surface area contributed by atoms with Gasteiger partial charge in [-0.3, -0.25) is 15.6 Å². The van der Waals surface area contributed by atoms with Crippen LogP contribution in [0.5, 0.6) is 0 Å². The van der Waals surface area contributed by atoms with Crippen LogP contribution in [0.25, 0.3) is 21.8 Å². The maximum absolute atomic E-state index is 12.4. The van der Waals surface area contributed by atoms with E-state index >= 15 is 0 Å². The highest BCUT2D eigenvalue weighted by molar-refractivity contribution is 6.09. The summed E-state index contributed by atoms with van der Waals surface area (Å²) in [5, 5.41) is 1.95. The normalized spacial score (nSPS) is 10.8. The van der Waals surface area contributed by atoms with E-state index in [9.17, 15) is 4.79 Å². The zero-order valence-corrected chi connectivity index (χ0v) is 13.8. The van der Waals surface area contributed by atoms with Crippen molar-refractivity contribution in [3.8, 4) is 0 Å². The summed E-state index contributed by atoms with van der Waals surface area (Å²) < 4.78 is 0. The molecule has 25 heavy (non-hydrogen) atoms. The minimum absolute atomic E-state index is 0.178. The van der Waals surface area contributed by atoms with Crippen molar-refractivity contribution in [1.82, 2.24) is 10.4 Å². The highest BCUT2D eigenvalue weighted by Crippen LogP contribution is 2.31. The Balaban J connectivity index is 1.79. The number of nitrogens with one attached hydrogen (secondary N) is 2. The molecule has 0 aliphatic heterocycles. The fraction of sp³-hybridized carbons (Fsp3) is 0.0476. The first-order chi connectivity index (χ1) is 12.2. The van der Waals surface area contributed by atoms with Crippen LogP contribution in [0.15, 0.2) is 72.8 Å². The molecule has 0 spiro atoms. The third kappa shape index (κ3) is 2.78. The molecular weight excluding hydrogens is 310 g/mol. The number of anilines is 1. The molecule has 122 valence electrons. The number of fused-ring (bicyclic) bond motifs is 2. The number of hydrazine groups is 1. The van der Waals surface area contributed by atoms with Crippen molar-refractivity contribution < 1.29 is 4.79 Å². The number of nitrogens with zero attached hydrogens (tertiary/aromatic N) is 1. The summed E-state index contributed by atoms with van der Waals surface area (Å²) >= 11 is 0. The fourth-order valence-corrected chi connectivity index (χ4v) is 2.97. The number of benzene rings is 3. The molecule has 1 aromatic heterocycles. The molecule has 0 unspecified atom stereocenters. The van der Waals surface area contributed by atoms with Crippen molar-refractivity contribution in [2.45, 2.75) is 6.92 Å². The van der Waals surface area contributed by atoms with E-state index in [0.29, 0.717) is 5.56 Å². The maximum Gasteiger partial charge on any atom is 0.269 e. The molecule has 4 rings (SSSR count). The first-order valence-electron chi connectivity index (χ1n) is 8.13. The number of amides is 1. The van der Waals surface area contributed by atoms with E-state index in [1.54, 1.807) is 12.1 Å². The van der Waals surface area contributed by atoms with E-state index in [2.05, 4.69) is 10.9 Å². The van der Waals surface area contributed by atoms with Crippen LogP contribution in [0, 0.1) is 6.92 Å². The molecule has 1 amide bonds. The molecule has 0 atom stereocenters. The largest absolute Gasteiger partial charge is 0.297 e. The van der Waals surface area contributed by atoms with Gasteiger partial charge in [-0.25, -0.2) is 4.98 Å². The summed E-state index contributed by atoms with van der Waals surface area (Å²) in [5.74, 6) is -0.178. The molecule has 0 saturated carbocycles. The van der Waals surface area contributed by atoms with E-state index < -0.39 is 0 Å². The third-order valence-electron chi connectivity index (χ3n) is 4.25. The number of hydrogen-bond donors (Lipinski definition) is 2. The smallest absolute Gasteiger partial charge is 0.269 e. The van der Waals surface area contributed by atoms with E-state index in [1.165, 1.54) is 0 Å². The van der Waals surface area contributed by atoms with Gasteiger partial charge in [0.05, 0.1) is 16.7 Å². The predicted octanol–water partition coefficient (Wildman–Crippen LogP) is 4.45. The second-order valence-electron chi connectivity index (χ2n) is 5.92. The topological polar surface area (TPSA) is 54.0 Å². The number of carbonyl (C=O) groups excluding carboxylic acids is 1. The fourth-order valence-electron chi connectivity index (χ4n) is 2.97. The van der Waals surface area contributed by atoms with Gasteiger partial charge in [-0.15, -0.1) is 0 Å². The molecule has 0 aliphatic carbocycles. The summed E-state index contributed by atoms with van der Waals surface area (Å²) in [6, 6.07) is 23.1. The molecular formula is C21H17N3O. The van der Waals surface area contributed by atoms with Crippen LogP contribution < -0.4 is 10.9 Å². The van der Waals surface area contributed by atoms with Gasteiger partial charge in [-0.2, -0.15) is 0 Å². The summed E-state index contributed by atoms with van der Waals surface area (Å²) in [4.78, 5) is 17.1. The second kappa shape index (κ2) is 6.24. The van der Waals surface area contributed by atoms with Gasteiger partial charge in [-0.05, 0) is 30.7 Å². The lowest BCUT2D eigenvalue weighted by Gasteiger charge is -2.15. The van der Waals surface area contributed by atoms with E-state index in [0.717, 1.165) is 33.1 Å². The van der Waals surface area contributed by atoms with Gasteiger partial charge in [-0.1, -0.05) is 54.6 Å². The lowest BCUT2D eigenvalue weighted by Crippen LogP contribution is -2.29. The van der Waals surface area contributed by atoms with Gasteiger partial charge < -0.3 is 0 Å².